The molecule has 0 radical (unpaired) electrons. The Hall–Kier alpha value is -3.46. The highest BCUT2D eigenvalue weighted by Gasteiger charge is 2.39. The number of carbonyl (C=O) groups excluding carboxylic acids is 3. The molecule has 0 aliphatic heterocycles. The van der Waals surface area contributed by atoms with Gasteiger partial charge in [-0.25, -0.2) is 4.39 Å². The lowest BCUT2D eigenvalue weighted by atomic mass is 9.83. The van der Waals surface area contributed by atoms with Gasteiger partial charge >= 0.3 is 12.1 Å². The summed E-state index contributed by atoms with van der Waals surface area (Å²) in [6, 6.07) is 15.9. The maximum atomic E-state index is 14.1. The normalized spacial score (nSPS) is 15.2. The zero-order chi connectivity index (χ0) is 33.5. The van der Waals surface area contributed by atoms with Crippen LogP contribution < -0.4 is 5.32 Å². The third-order valence-electron chi connectivity index (χ3n) is 6.31. The lowest BCUT2D eigenvalue weighted by molar-refractivity contribution is -0.154. The van der Waals surface area contributed by atoms with Crippen LogP contribution in [0, 0.1) is 5.92 Å². The van der Waals surface area contributed by atoms with E-state index in [9.17, 15) is 31.9 Å². The molecule has 1 amide bonds. The fourth-order valence-corrected chi connectivity index (χ4v) is 4.28. The summed E-state index contributed by atoms with van der Waals surface area (Å²) in [5, 5.41) is 3.43. The number of allylic oxidation sites excluding steroid dienone is 4. The zero-order valence-corrected chi connectivity index (χ0v) is 26.8. The Kier molecular flexibility index (Phi) is 16.1. The molecule has 5 nitrogen and oxygen atoms in total. The largest absolute Gasteiger partial charge is 0.460 e. The maximum Gasteiger partial charge on any atom is 0.412 e. The summed E-state index contributed by atoms with van der Waals surface area (Å²) >= 11 is 5.54. The minimum Gasteiger partial charge on any atom is -0.460 e. The molecule has 0 saturated carbocycles. The highest BCUT2D eigenvalue weighted by Crippen LogP contribution is 2.38. The molecule has 1 aliphatic rings. The van der Waals surface area contributed by atoms with Crippen LogP contribution in [-0.4, -0.2) is 36.0 Å². The van der Waals surface area contributed by atoms with Crippen molar-refractivity contribution in [2.45, 2.75) is 84.9 Å². The van der Waals surface area contributed by atoms with E-state index in [0.29, 0.717) is 24.1 Å². The monoisotopic (exact) mass is 639 g/mol. The van der Waals surface area contributed by atoms with Gasteiger partial charge in [0.25, 0.3) is 5.91 Å². The molecule has 3 rings (SSSR count). The molecular weight excluding hydrogens is 598 g/mol. The molecule has 44 heavy (non-hydrogen) atoms. The summed E-state index contributed by atoms with van der Waals surface area (Å²) in [5.74, 6) is -4.04. The quantitative estimate of drug-likeness (QED) is 0.219. The van der Waals surface area contributed by atoms with E-state index in [0.717, 1.165) is 10.6 Å². The van der Waals surface area contributed by atoms with Gasteiger partial charge in [0.05, 0.1) is 12.3 Å². The van der Waals surface area contributed by atoms with Crippen LogP contribution in [0.15, 0.2) is 78.1 Å². The molecule has 1 N–H and O–H groups in total. The molecule has 0 aromatic heterocycles. The van der Waals surface area contributed by atoms with E-state index in [1.807, 2.05) is 51.1 Å². The first-order valence-corrected chi connectivity index (χ1v) is 14.9. The van der Waals surface area contributed by atoms with Crippen molar-refractivity contribution in [3.8, 4) is 0 Å². The van der Waals surface area contributed by atoms with Crippen LogP contribution in [0.4, 0.5) is 17.6 Å². The molecular formula is C34H42ClF4NO4. The summed E-state index contributed by atoms with van der Waals surface area (Å²) in [5.41, 5.74) is -0.463. The summed E-state index contributed by atoms with van der Waals surface area (Å²) < 4.78 is 58.3. The number of amides is 1. The van der Waals surface area contributed by atoms with Gasteiger partial charge in [0, 0.05) is 29.1 Å². The highest BCUT2D eigenvalue weighted by atomic mass is 35.5. The van der Waals surface area contributed by atoms with Gasteiger partial charge in [-0.3, -0.25) is 14.4 Å². The molecule has 1 aliphatic carbocycles. The van der Waals surface area contributed by atoms with Gasteiger partial charge in [-0.15, -0.1) is 0 Å². The fraction of sp³-hybridized carbons (Fsp3) is 0.441. The summed E-state index contributed by atoms with van der Waals surface area (Å²) in [7, 11) is 0. The minimum atomic E-state index is -4.61. The van der Waals surface area contributed by atoms with Crippen molar-refractivity contribution >= 4 is 29.3 Å². The number of ether oxygens (including phenoxy) is 1. The average Bonchev–Trinajstić information content (AvgIpc) is 2.96. The molecule has 2 atom stereocenters. The number of esters is 1. The van der Waals surface area contributed by atoms with Crippen molar-refractivity contribution in [1.29, 1.82) is 0 Å². The first-order valence-electron chi connectivity index (χ1n) is 14.6. The number of hydrogen-bond donors (Lipinski definition) is 1. The van der Waals surface area contributed by atoms with E-state index in [-0.39, 0.29) is 31.2 Å². The van der Waals surface area contributed by atoms with E-state index in [1.54, 1.807) is 45.0 Å². The van der Waals surface area contributed by atoms with Crippen LogP contribution in [0.25, 0.3) is 0 Å². The van der Waals surface area contributed by atoms with Crippen molar-refractivity contribution < 1.29 is 36.7 Å². The summed E-state index contributed by atoms with van der Waals surface area (Å²) in [4.78, 5) is 36.7. The number of carbonyl (C=O) groups is 3. The van der Waals surface area contributed by atoms with Crippen LogP contribution in [0.3, 0.4) is 0 Å². The molecule has 2 unspecified atom stereocenters. The van der Waals surface area contributed by atoms with Gasteiger partial charge < -0.3 is 10.1 Å². The van der Waals surface area contributed by atoms with Gasteiger partial charge in [0.2, 0.25) is 0 Å². The number of alkyl halides is 3. The first kappa shape index (κ1) is 38.6. The standard InChI is InChI=1S/C26H31F4NO4.C6H5Cl.C2H6/c1-5-16(14-22(32)20-15-19(26(28,29)30)10-11-21(20)27)17-6-8-18(9-7-17)24(34)31-13-12-23(33)35-25(2,3)4;7-6-4-2-1-3-5-6;1-2/h6-11,16,20H,5,12-15H2,1-4H3,(H,31,34);1-5H;1-2H3. The van der Waals surface area contributed by atoms with E-state index < -0.39 is 47.3 Å². The summed E-state index contributed by atoms with van der Waals surface area (Å²) in [6.07, 6.45) is -3.51. The lowest BCUT2D eigenvalue weighted by Gasteiger charge is -2.23. The van der Waals surface area contributed by atoms with Crippen molar-refractivity contribution in [2.75, 3.05) is 6.54 Å². The van der Waals surface area contributed by atoms with Crippen LogP contribution >= 0.6 is 11.6 Å². The molecule has 0 spiro atoms. The Morgan fingerprint density at radius 1 is 0.977 bits per heavy atom. The first-order chi connectivity index (χ1) is 20.6. The minimum absolute atomic E-state index is 0.0263. The molecule has 0 bridgehead atoms. The van der Waals surface area contributed by atoms with Crippen LogP contribution in [0.2, 0.25) is 5.02 Å². The van der Waals surface area contributed by atoms with Gasteiger partial charge in [-0.2, -0.15) is 13.2 Å². The Bertz CT molecular complexity index is 1270. The predicted molar refractivity (Wildman–Crippen MR) is 166 cm³/mol. The Balaban J connectivity index is 0.000000927. The van der Waals surface area contributed by atoms with Gasteiger partial charge in [-0.1, -0.05) is 68.8 Å². The van der Waals surface area contributed by atoms with Crippen LogP contribution in [0.1, 0.15) is 89.1 Å². The third kappa shape index (κ3) is 13.9. The number of Topliss-reactive ketones (excluding diaryl/α,β-unsaturated/α-hetero) is 1. The van der Waals surface area contributed by atoms with E-state index >= 15 is 0 Å². The van der Waals surface area contributed by atoms with E-state index in [2.05, 4.69) is 5.32 Å². The van der Waals surface area contributed by atoms with Crippen molar-refractivity contribution in [3.05, 3.63) is 94.3 Å². The molecule has 10 heteroatoms. The van der Waals surface area contributed by atoms with Crippen LogP contribution in [-0.2, 0) is 14.3 Å². The maximum absolute atomic E-state index is 14.1. The number of ketones is 1. The fourth-order valence-electron chi connectivity index (χ4n) is 4.14. The van der Waals surface area contributed by atoms with Gasteiger partial charge in [0.1, 0.15) is 17.2 Å². The Morgan fingerprint density at radius 3 is 2.05 bits per heavy atom. The second-order valence-electron chi connectivity index (χ2n) is 10.8. The Labute approximate surface area is 262 Å². The topological polar surface area (TPSA) is 72.5 Å². The highest BCUT2D eigenvalue weighted by molar-refractivity contribution is 6.30. The number of benzene rings is 2. The SMILES string of the molecule is CC.CCC(CC(=O)C1CC(C(F)(F)F)=CC=C1F)c1ccc(C(=O)NCCC(=O)OC(C)(C)C)cc1.Clc1ccccc1. The second-order valence-corrected chi connectivity index (χ2v) is 11.2. The molecule has 0 fully saturated rings. The smallest absolute Gasteiger partial charge is 0.412 e. The van der Waals surface area contributed by atoms with Crippen LogP contribution in [0.5, 0.6) is 0 Å². The van der Waals surface area contributed by atoms with E-state index in [1.165, 1.54) is 0 Å². The zero-order valence-electron chi connectivity index (χ0n) is 26.1. The third-order valence-corrected chi connectivity index (χ3v) is 6.56. The second kappa shape index (κ2) is 18.4. The van der Waals surface area contributed by atoms with Gasteiger partial charge in [-0.05, 0) is 75.4 Å². The molecule has 2 aromatic carbocycles. The number of halogens is 5. The molecule has 0 saturated heterocycles. The number of rotatable bonds is 9. The molecule has 2 aromatic rings. The predicted octanol–water partition coefficient (Wildman–Crippen LogP) is 9.33. The lowest BCUT2D eigenvalue weighted by Crippen LogP contribution is -2.29. The number of hydrogen-bond acceptors (Lipinski definition) is 4. The molecule has 242 valence electrons. The van der Waals surface area contributed by atoms with Crippen molar-refractivity contribution in [3.63, 3.8) is 0 Å². The summed E-state index contributed by atoms with van der Waals surface area (Å²) in [6.45, 7) is 11.2. The Morgan fingerprint density at radius 2 is 1.57 bits per heavy atom. The molecule has 0 heterocycles. The van der Waals surface area contributed by atoms with Gasteiger partial charge in [0.15, 0.2) is 0 Å². The average molecular weight is 640 g/mol. The van der Waals surface area contributed by atoms with E-state index in [4.69, 9.17) is 16.3 Å². The number of nitrogens with one attached hydrogen (secondary N) is 1. The van der Waals surface area contributed by atoms with Crippen molar-refractivity contribution in [1.82, 2.24) is 5.32 Å². The van der Waals surface area contributed by atoms with Crippen molar-refractivity contribution in [2.24, 2.45) is 5.92 Å².